The van der Waals surface area contributed by atoms with Crippen LogP contribution in [-0.2, 0) is 33.4 Å². The molecule has 2 aliphatic rings. The molecule has 0 amide bonds. The molecule has 0 aromatic rings. The van der Waals surface area contributed by atoms with Crippen LogP contribution in [0.15, 0.2) is 0 Å². The molecule has 7 heteroatoms. The molecule has 0 spiro atoms. The Morgan fingerprint density at radius 3 is 1.26 bits per heavy atom. The predicted molar refractivity (Wildman–Crippen MR) is 95.9 cm³/mol. The highest BCUT2D eigenvalue weighted by molar-refractivity contribution is 6.03. The molecular formula is C20H30O7. The van der Waals surface area contributed by atoms with E-state index in [1.54, 1.807) is 0 Å². The first-order chi connectivity index (χ1) is 12.8. The number of ether oxygens (including phenoxy) is 3. The van der Waals surface area contributed by atoms with Crippen molar-refractivity contribution in [2.45, 2.75) is 65.2 Å². The third-order valence-corrected chi connectivity index (χ3v) is 5.97. The zero-order valence-electron chi connectivity index (χ0n) is 16.3. The van der Waals surface area contributed by atoms with Crippen LogP contribution in [0.5, 0.6) is 0 Å². The van der Waals surface area contributed by atoms with Crippen molar-refractivity contribution >= 4 is 23.5 Å². The van der Waals surface area contributed by atoms with Crippen LogP contribution >= 0.6 is 0 Å². The Hall–Kier alpha value is -1.76. The molecule has 2 aliphatic carbocycles. The molecular weight excluding hydrogens is 352 g/mol. The second-order valence-electron chi connectivity index (χ2n) is 7.58. The normalized spacial score (nSPS) is 20.2. The highest BCUT2D eigenvalue weighted by atomic mass is 16.6. The Labute approximate surface area is 160 Å². The molecule has 2 rings (SSSR count). The summed E-state index contributed by atoms with van der Waals surface area (Å²) in [7, 11) is 0. The van der Waals surface area contributed by atoms with E-state index >= 15 is 0 Å². The lowest BCUT2D eigenvalue weighted by Crippen LogP contribution is -2.37. The van der Waals surface area contributed by atoms with Crippen LogP contribution < -0.4 is 0 Å². The van der Waals surface area contributed by atoms with Gasteiger partial charge in [-0.15, -0.1) is 0 Å². The smallest absolute Gasteiger partial charge is 0.319 e. The van der Waals surface area contributed by atoms with Crippen LogP contribution in [0.3, 0.4) is 0 Å². The highest BCUT2D eigenvalue weighted by Crippen LogP contribution is 2.40. The van der Waals surface area contributed by atoms with Gasteiger partial charge >= 0.3 is 11.9 Å². The molecule has 0 bridgehead atoms. The number of carbonyl (C=O) groups excluding carboxylic acids is 4. The van der Waals surface area contributed by atoms with Crippen LogP contribution in [0.25, 0.3) is 0 Å². The zero-order chi connectivity index (χ0) is 19.9. The van der Waals surface area contributed by atoms with Crippen LogP contribution in [0.4, 0.5) is 0 Å². The third kappa shape index (κ3) is 4.75. The van der Waals surface area contributed by atoms with Crippen LogP contribution in [0.1, 0.15) is 65.2 Å². The van der Waals surface area contributed by atoms with Gasteiger partial charge in [-0.3, -0.25) is 19.2 Å². The first kappa shape index (κ1) is 21.5. The van der Waals surface area contributed by atoms with E-state index in [-0.39, 0.29) is 38.0 Å². The van der Waals surface area contributed by atoms with E-state index in [4.69, 9.17) is 14.2 Å². The number of esters is 2. The van der Waals surface area contributed by atoms with Gasteiger partial charge in [0.1, 0.15) is 35.6 Å². The first-order valence-electron chi connectivity index (χ1n) is 9.79. The van der Waals surface area contributed by atoms with Crippen molar-refractivity contribution in [1.82, 2.24) is 0 Å². The largest absolute Gasteiger partial charge is 0.462 e. The van der Waals surface area contributed by atoms with Gasteiger partial charge in [-0.05, 0) is 39.5 Å². The zero-order valence-corrected chi connectivity index (χ0v) is 16.3. The minimum Gasteiger partial charge on any atom is -0.462 e. The number of Topliss-reactive ketones (excluding diaryl/α,β-unsaturated/α-hetero) is 2. The molecule has 0 N–H and O–H groups in total. The maximum Gasteiger partial charge on any atom is 0.319 e. The molecule has 27 heavy (non-hydrogen) atoms. The maximum absolute atomic E-state index is 12.2. The molecule has 0 unspecified atom stereocenters. The summed E-state index contributed by atoms with van der Waals surface area (Å²) in [6, 6.07) is 0. The van der Waals surface area contributed by atoms with Crippen molar-refractivity contribution < 1.29 is 33.4 Å². The second-order valence-corrected chi connectivity index (χ2v) is 7.58. The Kier molecular flexibility index (Phi) is 7.53. The minimum absolute atomic E-state index is 0.0548. The fourth-order valence-corrected chi connectivity index (χ4v) is 4.12. The lowest BCUT2D eigenvalue weighted by molar-refractivity contribution is -0.161. The standard InChI is InChI=1S/C20H30O7/c1-15(21)19(7-3-4-8-19)17(23)26-13-11-25-12-14-27-18(24)20(16(2)22)9-5-6-10-20/h3-14H2,1-2H3. The Morgan fingerprint density at radius 1 is 0.630 bits per heavy atom. The van der Waals surface area contributed by atoms with E-state index in [1.165, 1.54) is 13.8 Å². The average molecular weight is 382 g/mol. The fourth-order valence-electron chi connectivity index (χ4n) is 4.12. The summed E-state index contributed by atoms with van der Waals surface area (Å²) in [6.45, 7) is 3.31. The van der Waals surface area contributed by atoms with Crippen molar-refractivity contribution in [3.63, 3.8) is 0 Å². The van der Waals surface area contributed by atoms with Gasteiger partial charge in [0, 0.05) is 0 Å². The van der Waals surface area contributed by atoms with Gasteiger partial charge in [-0.25, -0.2) is 0 Å². The Morgan fingerprint density at radius 2 is 0.963 bits per heavy atom. The number of ketones is 2. The summed E-state index contributed by atoms with van der Waals surface area (Å²) in [6.07, 6.45) is 5.64. The van der Waals surface area contributed by atoms with Crippen molar-refractivity contribution in [3.05, 3.63) is 0 Å². The van der Waals surface area contributed by atoms with Gasteiger partial charge < -0.3 is 14.2 Å². The molecule has 152 valence electrons. The predicted octanol–water partition coefficient (Wildman–Crippen LogP) is 2.39. The summed E-state index contributed by atoms with van der Waals surface area (Å²) < 4.78 is 15.7. The summed E-state index contributed by atoms with van der Waals surface area (Å²) in [5.74, 6) is -1.20. The summed E-state index contributed by atoms with van der Waals surface area (Å²) >= 11 is 0. The Balaban J connectivity index is 1.62. The number of carbonyl (C=O) groups is 4. The lowest BCUT2D eigenvalue weighted by atomic mass is 9.82. The van der Waals surface area contributed by atoms with E-state index < -0.39 is 22.8 Å². The van der Waals surface area contributed by atoms with E-state index in [2.05, 4.69) is 0 Å². The number of hydrogen-bond donors (Lipinski definition) is 0. The van der Waals surface area contributed by atoms with Crippen LogP contribution in [-0.4, -0.2) is 49.9 Å². The third-order valence-electron chi connectivity index (χ3n) is 5.97. The summed E-state index contributed by atoms with van der Waals surface area (Å²) in [5.41, 5.74) is -1.95. The molecule has 0 heterocycles. The first-order valence-corrected chi connectivity index (χ1v) is 9.79. The molecule has 2 fully saturated rings. The molecule has 2 saturated carbocycles. The second kappa shape index (κ2) is 9.44. The van der Waals surface area contributed by atoms with Crippen LogP contribution in [0, 0.1) is 10.8 Å². The topological polar surface area (TPSA) is 96.0 Å². The number of rotatable bonds is 10. The fraction of sp³-hybridized carbons (Fsp3) is 0.800. The molecule has 0 saturated heterocycles. The SMILES string of the molecule is CC(=O)C1(C(=O)OCCOCCOC(=O)C2(C(C)=O)CCCC2)CCCC1. The average Bonchev–Trinajstić information content (AvgIpc) is 3.31. The van der Waals surface area contributed by atoms with E-state index in [1.807, 2.05) is 0 Å². The van der Waals surface area contributed by atoms with Crippen molar-refractivity contribution in [1.29, 1.82) is 0 Å². The van der Waals surface area contributed by atoms with Gasteiger partial charge in [-0.2, -0.15) is 0 Å². The van der Waals surface area contributed by atoms with Crippen LogP contribution in [0.2, 0.25) is 0 Å². The number of hydrogen-bond acceptors (Lipinski definition) is 7. The lowest BCUT2D eigenvalue weighted by Gasteiger charge is -2.23. The molecule has 0 radical (unpaired) electrons. The minimum atomic E-state index is -0.974. The molecule has 0 aromatic carbocycles. The van der Waals surface area contributed by atoms with Gasteiger partial charge in [0.25, 0.3) is 0 Å². The molecule has 0 aromatic heterocycles. The Bertz CT molecular complexity index is 519. The summed E-state index contributed by atoms with van der Waals surface area (Å²) in [5, 5.41) is 0. The van der Waals surface area contributed by atoms with E-state index in [0.717, 1.165) is 25.7 Å². The van der Waals surface area contributed by atoms with E-state index in [0.29, 0.717) is 25.7 Å². The highest BCUT2D eigenvalue weighted by Gasteiger charge is 2.47. The maximum atomic E-state index is 12.2. The van der Waals surface area contributed by atoms with Crippen molar-refractivity contribution in [2.24, 2.45) is 10.8 Å². The van der Waals surface area contributed by atoms with Gasteiger partial charge in [-0.1, -0.05) is 25.7 Å². The van der Waals surface area contributed by atoms with E-state index in [9.17, 15) is 19.2 Å². The quantitative estimate of drug-likeness (QED) is 0.325. The van der Waals surface area contributed by atoms with Crippen molar-refractivity contribution in [2.75, 3.05) is 26.4 Å². The molecule has 7 nitrogen and oxygen atoms in total. The monoisotopic (exact) mass is 382 g/mol. The van der Waals surface area contributed by atoms with Crippen molar-refractivity contribution in [3.8, 4) is 0 Å². The summed E-state index contributed by atoms with van der Waals surface area (Å²) in [4.78, 5) is 48.1. The molecule has 0 atom stereocenters. The van der Waals surface area contributed by atoms with Gasteiger partial charge in [0.2, 0.25) is 0 Å². The molecule has 0 aliphatic heterocycles. The van der Waals surface area contributed by atoms with Gasteiger partial charge in [0.05, 0.1) is 13.2 Å². The van der Waals surface area contributed by atoms with Gasteiger partial charge in [0.15, 0.2) is 0 Å².